The molecule has 0 aliphatic carbocycles. The molecule has 88 valence electrons. The molecule has 1 atom stereocenters. The van der Waals surface area contributed by atoms with Gasteiger partial charge in [-0.1, -0.05) is 12.1 Å². The van der Waals surface area contributed by atoms with Gasteiger partial charge < -0.3 is 5.32 Å². The van der Waals surface area contributed by atoms with Crippen LogP contribution >= 0.6 is 22.6 Å². The van der Waals surface area contributed by atoms with Gasteiger partial charge in [0.15, 0.2) is 0 Å². The lowest BCUT2D eigenvalue weighted by Gasteiger charge is -2.23. The van der Waals surface area contributed by atoms with Gasteiger partial charge in [0.2, 0.25) is 0 Å². The zero-order valence-corrected chi connectivity index (χ0v) is 11.5. The summed E-state index contributed by atoms with van der Waals surface area (Å²) in [6, 6.07) is 8.19. The van der Waals surface area contributed by atoms with Crippen LogP contribution in [0.25, 0.3) is 0 Å². The largest absolute Gasteiger partial charge is 0.317 e. The topological polar surface area (TPSA) is 12.0 Å². The fourth-order valence-corrected chi connectivity index (χ4v) is 2.60. The van der Waals surface area contributed by atoms with Crippen LogP contribution in [0.15, 0.2) is 24.3 Å². The normalized spacial score (nSPS) is 26.4. The minimum atomic E-state index is -1.00. The maximum Gasteiger partial charge on any atom is 0.116 e. The maximum atomic E-state index is 14.6. The van der Waals surface area contributed by atoms with Crippen LogP contribution < -0.4 is 5.32 Å². The van der Waals surface area contributed by atoms with Gasteiger partial charge in [0.1, 0.15) is 5.67 Å². The molecule has 16 heavy (non-hydrogen) atoms. The first kappa shape index (κ1) is 12.3. The number of hydrogen-bond donors (Lipinski definition) is 1. The van der Waals surface area contributed by atoms with Crippen molar-refractivity contribution in [3.63, 3.8) is 0 Å². The van der Waals surface area contributed by atoms with Crippen LogP contribution in [0.2, 0.25) is 0 Å². The van der Waals surface area contributed by atoms with E-state index in [1.807, 2.05) is 24.3 Å². The summed E-state index contributed by atoms with van der Waals surface area (Å²) < 4.78 is 15.8. The lowest BCUT2D eigenvalue weighted by Crippen LogP contribution is -2.27. The van der Waals surface area contributed by atoms with E-state index in [2.05, 4.69) is 27.9 Å². The molecule has 0 amide bonds. The van der Waals surface area contributed by atoms with Crippen molar-refractivity contribution in [1.29, 1.82) is 0 Å². The number of rotatable bonds is 2. The van der Waals surface area contributed by atoms with E-state index in [4.69, 9.17) is 0 Å². The third-order valence-corrected chi connectivity index (χ3v) is 3.88. The summed E-state index contributed by atoms with van der Waals surface area (Å²) in [5.74, 6) is 0. The van der Waals surface area contributed by atoms with E-state index in [0.29, 0.717) is 19.3 Å². The highest BCUT2D eigenvalue weighted by molar-refractivity contribution is 14.1. The summed E-state index contributed by atoms with van der Waals surface area (Å²) in [7, 11) is 0. The van der Waals surface area contributed by atoms with E-state index in [9.17, 15) is 4.39 Å². The highest BCUT2D eigenvalue weighted by Crippen LogP contribution is 2.28. The Balaban J connectivity index is 2.04. The summed E-state index contributed by atoms with van der Waals surface area (Å²) in [6.45, 7) is 1.76. The Kier molecular flexibility index (Phi) is 4.19. The zero-order chi connectivity index (χ0) is 11.4. The molecule has 1 aromatic carbocycles. The van der Waals surface area contributed by atoms with Crippen LogP contribution in [0.1, 0.15) is 24.8 Å². The lowest BCUT2D eigenvalue weighted by molar-refractivity contribution is 0.144. The van der Waals surface area contributed by atoms with Gasteiger partial charge in [0.25, 0.3) is 0 Å². The van der Waals surface area contributed by atoms with Crippen molar-refractivity contribution in [2.24, 2.45) is 0 Å². The van der Waals surface area contributed by atoms with Crippen LogP contribution in [0, 0.1) is 3.57 Å². The third-order valence-electron chi connectivity index (χ3n) is 3.16. The molecule has 1 heterocycles. The van der Waals surface area contributed by atoms with Crippen LogP contribution in [0.4, 0.5) is 4.39 Å². The highest BCUT2D eigenvalue weighted by Gasteiger charge is 2.30. The van der Waals surface area contributed by atoms with Gasteiger partial charge in [-0.05, 0) is 72.6 Å². The van der Waals surface area contributed by atoms with Crippen molar-refractivity contribution >= 4 is 22.6 Å². The highest BCUT2D eigenvalue weighted by atomic mass is 127. The minimum Gasteiger partial charge on any atom is -0.317 e. The fraction of sp³-hybridized carbons (Fsp3) is 0.538. The summed E-state index contributed by atoms with van der Waals surface area (Å²) in [5.41, 5.74) is 0.112. The zero-order valence-electron chi connectivity index (χ0n) is 9.31. The Hall–Kier alpha value is -0.160. The van der Waals surface area contributed by atoms with Crippen molar-refractivity contribution in [3.05, 3.63) is 33.4 Å². The number of halogens is 2. The second kappa shape index (κ2) is 5.45. The van der Waals surface area contributed by atoms with Crippen LogP contribution in [-0.4, -0.2) is 18.8 Å². The first-order valence-corrected chi connectivity index (χ1v) is 6.90. The van der Waals surface area contributed by atoms with E-state index in [1.165, 1.54) is 3.57 Å². The van der Waals surface area contributed by atoms with Crippen molar-refractivity contribution in [2.45, 2.75) is 31.4 Å². The molecule has 1 aromatic rings. The fourth-order valence-electron chi connectivity index (χ4n) is 2.24. The summed E-state index contributed by atoms with van der Waals surface area (Å²) in [4.78, 5) is 0. The molecule has 2 rings (SSSR count). The Labute approximate surface area is 110 Å². The Morgan fingerprint density at radius 3 is 2.69 bits per heavy atom. The SMILES string of the molecule is FC1(Cc2ccc(I)cc2)CCCNCC1. The molecule has 0 bridgehead atoms. The van der Waals surface area contributed by atoms with E-state index in [-0.39, 0.29) is 0 Å². The maximum absolute atomic E-state index is 14.6. The van der Waals surface area contributed by atoms with Crippen molar-refractivity contribution in [2.75, 3.05) is 13.1 Å². The molecule has 1 aliphatic rings. The Bertz CT molecular complexity index is 328. The van der Waals surface area contributed by atoms with Gasteiger partial charge in [0, 0.05) is 9.99 Å². The van der Waals surface area contributed by atoms with Gasteiger partial charge in [0.05, 0.1) is 0 Å². The molecule has 1 nitrogen and oxygen atoms in total. The minimum absolute atomic E-state index is 0.561. The average Bonchev–Trinajstić information content (AvgIpc) is 2.47. The van der Waals surface area contributed by atoms with Crippen LogP contribution in [0.3, 0.4) is 0 Å². The Morgan fingerprint density at radius 2 is 1.94 bits per heavy atom. The first-order valence-electron chi connectivity index (χ1n) is 5.82. The predicted octanol–water partition coefficient (Wildman–Crippen LogP) is 3.32. The molecule has 0 spiro atoms. The second-order valence-corrected chi connectivity index (χ2v) is 5.80. The smallest absolute Gasteiger partial charge is 0.116 e. The van der Waals surface area contributed by atoms with Gasteiger partial charge in [-0.25, -0.2) is 4.39 Å². The molecule has 1 aliphatic heterocycles. The number of benzene rings is 1. The van der Waals surface area contributed by atoms with Crippen molar-refractivity contribution in [3.8, 4) is 0 Å². The molecule has 1 saturated heterocycles. The van der Waals surface area contributed by atoms with E-state index < -0.39 is 5.67 Å². The lowest BCUT2D eigenvalue weighted by atomic mass is 9.89. The molecule has 0 saturated carbocycles. The predicted molar refractivity (Wildman–Crippen MR) is 73.4 cm³/mol. The van der Waals surface area contributed by atoms with Gasteiger partial charge in [-0.3, -0.25) is 0 Å². The van der Waals surface area contributed by atoms with Crippen molar-refractivity contribution in [1.82, 2.24) is 5.32 Å². The third kappa shape index (κ3) is 3.42. The molecule has 0 radical (unpaired) electrons. The number of nitrogens with one attached hydrogen (secondary N) is 1. The van der Waals surface area contributed by atoms with E-state index >= 15 is 0 Å². The first-order chi connectivity index (χ1) is 7.68. The molecular weight excluding hydrogens is 316 g/mol. The summed E-state index contributed by atoms with van der Waals surface area (Å²) in [5, 5.41) is 3.26. The average molecular weight is 333 g/mol. The molecule has 1 N–H and O–H groups in total. The molecule has 1 unspecified atom stereocenters. The quantitative estimate of drug-likeness (QED) is 0.819. The second-order valence-electron chi connectivity index (χ2n) is 4.56. The van der Waals surface area contributed by atoms with Gasteiger partial charge >= 0.3 is 0 Å². The molecule has 3 heteroatoms. The summed E-state index contributed by atoms with van der Waals surface area (Å²) >= 11 is 2.27. The standard InChI is InChI=1S/C13H17FIN/c14-13(6-1-8-16-9-7-13)10-11-2-4-12(15)5-3-11/h2-5,16H,1,6-10H2. The van der Waals surface area contributed by atoms with Crippen molar-refractivity contribution < 1.29 is 4.39 Å². The van der Waals surface area contributed by atoms with E-state index in [1.54, 1.807) is 0 Å². The molecule has 0 aromatic heterocycles. The number of alkyl halides is 1. The molecular formula is C13H17FIN. The van der Waals surface area contributed by atoms with Gasteiger partial charge in [-0.2, -0.15) is 0 Å². The van der Waals surface area contributed by atoms with Crippen LogP contribution in [-0.2, 0) is 6.42 Å². The van der Waals surface area contributed by atoms with E-state index in [0.717, 1.165) is 25.1 Å². The van der Waals surface area contributed by atoms with Gasteiger partial charge in [-0.15, -0.1) is 0 Å². The number of hydrogen-bond acceptors (Lipinski definition) is 1. The van der Waals surface area contributed by atoms with Crippen LogP contribution in [0.5, 0.6) is 0 Å². The molecule has 1 fully saturated rings. The monoisotopic (exact) mass is 333 g/mol. The Morgan fingerprint density at radius 1 is 1.19 bits per heavy atom. The summed E-state index contributed by atoms with van der Waals surface area (Å²) in [6.07, 6.45) is 2.83.